The van der Waals surface area contributed by atoms with Gasteiger partial charge in [-0.3, -0.25) is 4.79 Å². The molecule has 0 saturated carbocycles. The number of carbonyl (C=O) groups is 3. The molecule has 0 unspecified atom stereocenters. The van der Waals surface area contributed by atoms with Gasteiger partial charge in [0.25, 0.3) is 5.91 Å². The summed E-state index contributed by atoms with van der Waals surface area (Å²) in [4.78, 5) is 31.5. The van der Waals surface area contributed by atoms with Crippen LogP contribution in [0.2, 0.25) is 0 Å². The van der Waals surface area contributed by atoms with Gasteiger partial charge in [-0.2, -0.15) is 0 Å². The molecule has 0 heterocycles. The average molecular weight is 416 g/mol. The summed E-state index contributed by atoms with van der Waals surface area (Å²) >= 11 is 0. The molecule has 0 spiro atoms. The van der Waals surface area contributed by atoms with E-state index < -0.39 is 30.1 Å². The Morgan fingerprint density at radius 2 is 1.43 bits per heavy atom. The number of amides is 1. The van der Waals surface area contributed by atoms with E-state index in [1.807, 2.05) is 43.2 Å². The van der Waals surface area contributed by atoms with Gasteiger partial charge >= 0.3 is 5.97 Å². The number of carboxylic acids is 1. The molecular weight excluding hydrogens is 388 g/mol. The lowest BCUT2D eigenvalue weighted by Crippen LogP contribution is -2.50. The normalized spacial score (nSPS) is 13.3. The molecule has 2 aromatic rings. The molecule has 8 heteroatoms. The van der Waals surface area contributed by atoms with Crippen LogP contribution < -0.4 is 10.6 Å². The maximum absolute atomic E-state index is 12.1. The fourth-order valence-electron chi connectivity index (χ4n) is 2.72. The zero-order valence-corrected chi connectivity index (χ0v) is 16.6. The monoisotopic (exact) mass is 416 g/mol. The van der Waals surface area contributed by atoms with Gasteiger partial charge in [0.05, 0.1) is 6.10 Å². The molecule has 162 valence electrons. The Morgan fingerprint density at radius 1 is 0.900 bits per heavy atom. The third kappa shape index (κ3) is 8.95. The van der Waals surface area contributed by atoms with Crippen molar-refractivity contribution in [2.45, 2.75) is 37.6 Å². The van der Waals surface area contributed by atoms with Crippen LogP contribution in [0.3, 0.4) is 0 Å². The number of carbonyl (C=O) groups excluding carboxylic acids is 2. The minimum atomic E-state index is -1.70. The van der Waals surface area contributed by atoms with Crippen molar-refractivity contribution in [3.8, 4) is 0 Å². The largest absolute Gasteiger partial charge is 0.480 e. The lowest BCUT2D eigenvalue weighted by atomic mass is 10.0. The number of hydrogen-bond donors (Lipinski definition) is 5. The Hall–Kier alpha value is -3.07. The number of nitrogens with one attached hydrogen (secondary N) is 2. The summed E-state index contributed by atoms with van der Waals surface area (Å²) in [6.45, 7) is 3.00. The predicted molar refractivity (Wildman–Crippen MR) is 112 cm³/mol. The van der Waals surface area contributed by atoms with E-state index in [2.05, 4.69) is 10.6 Å². The Balaban J connectivity index is 0.00000218. The number of benzene rings is 2. The second-order valence-corrected chi connectivity index (χ2v) is 6.55. The van der Waals surface area contributed by atoms with Crippen LogP contribution in [0.1, 0.15) is 17.5 Å². The summed E-state index contributed by atoms with van der Waals surface area (Å²) in [7, 11) is 0. The Morgan fingerprint density at radius 3 is 1.97 bits per heavy atom. The molecule has 0 fully saturated rings. The minimum Gasteiger partial charge on any atom is -0.480 e. The van der Waals surface area contributed by atoms with Gasteiger partial charge in [-0.05, 0) is 24.1 Å². The molecule has 0 aliphatic heterocycles. The van der Waals surface area contributed by atoms with Crippen LogP contribution in [-0.4, -0.2) is 58.8 Å². The summed E-state index contributed by atoms with van der Waals surface area (Å²) in [5, 5.41) is 34.8. The smallest absolute Gasteiger partial charge is 0.326 e. The van der Waals surface area contributed by atoms with Crippen LogP contribution in [0, 0.1) is 0 Å². The number of aliphatic hydroxyl groups excluding tert-OH is 2. The third-order valence-corrected chi connectivity index (χ3v) is 4.32. The molecule has 0 bridgehead atoms. The Labute approximate surface area is 175 Å². The molecule has 3 atom stereocenters. The van der Waals surface area contributed by atoms with Gasteiger partial charge in [-0.25, -0.2) is 4.79 Å². The van der Waals surface area contributed by atoms with Crippen molar-refractivity contribution >= 4 is 18.7 Å². The molecule has 2 aromatic carbocycles. The van der Waals surface area contributed by atoms with Crippen molar-refractivity contribution in [2.24, 2.45) is 0 Å². The zero-order valence-electron chi connectivity index (χ0n) is 16.6. The Bertz CT molecular complexity index is 757. The standard InChI is InChI=1S/C21H26N2O5.CH2O/c24-18(11-12-22-14-16-9-5-2-6-10-16)19(25)20(26)23-17(21(27)28)13-15-7-3-1-4-8-15;1-2/h1-10,17-19,22,24-25H,11-14H2,(H,23,26)(H,27,28);1H2/t17-,18-,19+;/m0./s1. The SMILES string of the molecule is C=O.O=C(O)[C@H](Cc1ccccc1)NC(=O)[C@H](O)[C@@H](O)CCNCc1ccccc1. The average Bonchev–Trinajstić information content (AvgIpc) is 2.78. The van der Waals surface area contributed by atoms with E-state index in [9.17, 15) is 24.9 Å². The number of aliphatic hydroxyl groups is 2. The van der Waals surface area contributed by atoms with Crippen LogP contribution in [0.15, 0.2) is 60.7 Å². The molecule has 0 aromatic heterocycles. The lowest BCUT2D eigenvalue weighted by molar-refractivity contribution is -0.145. The molecular formula is C22H28N2O6. The van der Waals surface area contributed by atoms with E-state index in [0.29, 0.717) is 13.1 Å². The summed E-state index contributed by atoms with van der Waals surface area (Å²) in [5.41, 5.74) is 1.83. The van der Waals surface area contributed by atoms with Crippen LogP contribution in [-0.2, 0) is 27.3 Å². The number of rotatable bonds is 11. The van der Waals surface area contributed by atoms with E-state index in [1.165, 1.54) is 0 Å². The van der Waals surface area contributed by atoms with E-state index in [1.54, 1.807) is 24.3 Å². The third-order valence-electron chi connectivity index (χ3n) is 4.32. The molecule has 0 aliphatic rings. The fourth-order valence-corrected chi connectivity index (χ4v) is 2.72. The second kappa shape index (κ2) is 14.0. The van der Waals surface area contributed by atoms with Gasteiger partial charge in [0.15, 0.2) is 6.10 Å². The van der Waals surface area contributed by atoms with Gasteiger partial charge in [0, 0.05) is 13.0 Å². The highest BCUT2D eigenvalue weighted by atomic mass is 16.4. The van der Waals surface area contributed by atoms with Crippen molar-refractivity contribution in [1.82, 2.24) is 10.6 Å². The minimum absolute atomic E-state index is 0.0867. The molecule has 0 radical (unpaired) electrons. The molecule has 0 aliphatic carbocycles. The highest BCUT2D eigenvalue weighted by Crippen LogP contribution is 2.06. The summed E-state index contributed by atoms with van der Waals surface area (Å²) in [5.74, 6) is -2.11. The number of aliphatic carboxylic acids is 1. The van der Waals surface area contributed by atoms with E-state index in [4.69, 9.17) is 4.79 Å². The summed E-state index contributed by atoms with van der Waals surface area (Å²) < 4.78 is 0. The predicted octanol–water partition coefficient (Wildman–Crippen LogP) is 0.515. The molecule has 1 amide bonds. The van der Waals surface area contributed by atoms with E-state index in [0.717, 1.165) is 11.1 Å². The summed E-state index contributed by atoms with van der Waals surface area (Å²) in [6.07, 6.45) is -2.76. The van der Waals surface area contributed by atoms with Crippen LogP contribution in [0.25, 0.3) is 0 Å². The van der Waals surface area contributed by atoms with Crippen LogP contribution in [0.5, 0.6) is 0 Å². The topological polar surface area (TPSA) is 136 Å². The summed E-state index contributed by atoms with van der Waals surface area (Å²) in [6, 6.07) is 17.4. The van der Waals surface area contributed by atoms with Crippen molar-refractivity contribution in [3.05, 3.63) is 71.8 Å². The first kappa shape index (κ1) is 25.0. The highest BCUT2D eigenvalue weighted by Gasteiger charge is 2.28. The maximum Gasteiger partial charge on any atom is 0.326 e. The van der Waals surface area contributed by atoms with Crippen LogP contribution in [0.4, 0.5) is 0 Å². The quantitative estimate of drug-likeness (QED) is 0.337. The van der Waals surface area contributed by atoms with Crippen molar-refractivity contribution < 1.29 is 29.7 Å². The number of carboxylic acid groups (broad SMARTS) is 1. The molecule has 5 N–H and O–H groups in total. The number of hydrogen-bond acceptors (Lipinski definition) is 6. The lowest BCUT2D eigenvalue weighted by Gasteiger charge is -2.21. The van der Waals surface area contributed by atoms with Gasteiger partial charge in [0.1, 0.15) is 12.8 Å². The van der Waals surface area contributed by atoms with Gasteiger partial charge < -0.3 is 30.7 Å². The molecule has 8 nitrogen and oxygen atoms in total. The van der Waals surface area contributed by atoms with E-state index in [-0.39, 0.29) is 12.8 Å². The molecule has 0 saturated heterocycles. The molecule has 30 heavy (non-hydrogen) atoms. The first-order chi connectivity index (χ1) is 14.5. The zero-order chi connectivity index (χ0) is 22.4. The first-order valence-corrected chi connectivity index (χ1v) is 9.44. The van der Waals surface area contributed by atoms with Crippen LogP contribution >= 0.6 is 0 Å². The molecule has 2 rings (SSSR count). The maximum atomic E-state index is 12.1. The van der Waals surface area contributed by atoms with Gasteiger partial charge in [-0.1, -0.05) is 60.7 Å². The van der Waals surface area contributed by atoms with Crippen molar-refractivity contribution in [1.29, 1.82) is 0 Å². The van der Waals surface area contributed by atoms with E-state index >= 15 is 0 Å². The van der Waals surface area contributed by atoms with Crippen molar-refractivity contribution in [3.63, 3.8) is 0 Å². The highest BCUT2D eigenvalue weighted by molar-refractivity contribution is 5.86. The first-order valence-electron chi connectivity index (χ1n) is 9.44. The van der Waals surface area contributed by atoms with Gasteiger partial charge in [0.2, 0.25) is 0 Å². The second-order valence-electron chi connectivity index (χ2n) is 6.55. The van der Waals surface area contributed by atoms with Crippen molar-refractivity contribution in [2.75, 3.05) is 6.54 Å². The van der Waals surface area contributed by atoms with Gasteiger partial charge in [-0.15, -0.1) is 0 Å². The fraction of sp³-hybridized carbons (Fsp3) is 0.318. The Kier molecular flexibility index (Phi) is 11.7.